The van der Waals surface area contributed by atoms with Gasteiger partial charge in [0.15, 0.2) is 5.03 Å². The molecule has 0 aliphatic carbocycles. The van der Waals surface area contributed by atoms with E-state index >= 15 is 0 Å². The highest BCUT2D eigenvalue weighted by Gasteiger charge is 2.19. The lowest BCUT2D eigenvalue weighted by Gasteiger charge is -2.01. The zero-order valence-electron chi connectivity index (χ0n) is 10.8. The fraction of sp³-hybridized carbons (Fsp3) is 0.500. The summed E-state index contributed by atoms with van der Waals surface area (Å²) in [4.78, 5) is 6.53. The van der Waals surface area contributed by atoms with Crippen LogP contribution >= 0.6 is 11.3 Å². The highest BCUT2D eigenvalue weighted by atomic mass is 32.2. The van der Waals surface area contributed by atoms with Gasteiger partial charge in [0, 0.05) is 6.42 Å². The Hall–Kier alpha value is -1.48. The number of rotatable bonds is 5. The molecule has 104 valence electrons. The van der Waals surface area contributed by atoms with Crippen LogP contribution < -0.4 is 4.72 Å². The summed E-state index contributed by atoms with van der Waals surface area (Å²) in [6.07, 6.45) is 2.05. The van der Waals surface area contributed by atoms with Crippen LogP contribution in [-0.4, -0.2) is 28.6 Å². The summed E-state index contributed by atoms with van der Waals surface area (Å²) in [5.74, 6) is 0.991. The normalized spacial score (nSPS) is 12.0. The maximum Gasteiger partial charge on any atom is 0.280 e. The van der Waals surface area contributed by atoms with Gasteiger partial charge in [-0.3, -0.25) is 4.72 Å². The minimum Gasteiger partial charge on any atom is -0.332 e. The first-order valence-electron chi connectivity index (χ1n) is 5.73. The lowest BCUT2D eigenvalue weighted by Crippen LogP contribution is -2.13. The van der Waals surface area contributed by atoms with Gasteiger partial charge in [0.2, 0.25) is 5.13 Å². The molecule has 0 aliphatic rings. The molecule has 19 heavy (non-hydrogen) atoms. The molecule has 7 nitrogen and oxygen atoms in total. The van der Waals surface area contributed by atoms with Crippen molar-refractivity contribution in [2.75, 3.05) is 4.72 Å². The standard InChI is InChI=1S/C10H15N5O2S2/c1-6(2)4-8-13-14-10(18-8)15-19(16,17)9-5-11-7(3)12-9/h5-6H,4H2,1-3H3,(H,11,12)(H,14,15). The maximum absolute atomic E-state index is 12.0. The third kappa shape index (κ3) is 3.51. The zero-order valence-corrected chi connectivity index (χ0v) is 12.5. The van der Waals surface area contributed by atoms with Crippen molar-refractivity contribution < 1.29 is 8.42 Å². The quantitative estimate of drug-likeness (QED) is 0.873. The molecule has 0 saturated heterocycles. The Morgan fingerprint density at radius 3 is 2.74 bits per heavy atom. The van der Waals surface area contributed by atoms with Crippen molar-refractivity contribution in [3.63, 3.8) is 0 Å². The number of aromatic nitrogens is 4. The molecule has 0 spiro atoms. The largest absolute Gasteiger partial charge is 0.332 e. The summed E-state index contributed by atoms with van der Waals surface area (Å²) in [6.45, 7) is 5.82. The molecule has 2 heterocycles. The lowest BCUT2D eigenvalue weighted by atomic mass is 10.1. The Balaban J connectivity index is 2.14. The van der Waals surface area contributed by atoms with E-state index < -0.39 is 10.0 Å². The van der Waals surface area contributed by atoms with E-state index in [0.717, 1.165) is 11.4 Å². The van der Waals surface area contributed by atoms with Crippen LogP contribution in [-0.2, 0) is 16.4 Å². The lowest BCUT2D eigenvalue weighted by molar-refractivity contribution is 0.598. The second-order valence-electron chi connectivity index (χ2n) is 4.54. The Kier molecular flexibility index (Phi) is 3.85. The third-order valence-electron chi connectivity index (χ3n) is 2.24. The number of aromatic amines is 1. The molecular weight excluding hydrogens is 286 g/mol. The molecule has 9 heteroatoms. The molecule has 2 aromatic heterocycles. The number of hydrogen-bond acceptors (Lipinski definition) is 6. The summed E-state index contributed by atoms with van der Waals surface area (Å²) in [5, 5.41) is 8.88. The van der Waals surface area contributed by atoms with Gasteiger partial charge in [-0.1, -0.05) is 25.2 Å². The summed E-state index contributed by atoms with van der Waals surface area (Å²) in [7, 11) is -3.67. The van der Waals surface area contributed by atoms with E-state index in [1.54, 1.807) is 6.92 Å². The van der Waals surface area contributed by atoms with E-state index in [0.29, 0.717) is 11.7 Å². The number of nitrogens with zero attached hydrogens (tertiary/aromatic N) is 3. The highest BCUT2D eigenvalue weighted by molar-refractivity contribution is 7.92. The monoisotopic (exact) mass is 301 g/mol. The van der Waals surface area contributed by atoms with E-state index in [9.17, 15) is 8.42 Å². The van der Waals surface area contributed by atoms with Crippen LogP contribution in [0, 0.1) is 12.8 Å². The molecule has 0 amide bonds. The first-order valence-corrected chi connectivity index (χ1v) is 8.03. The Morgan fingerprint density at radius 2 is 2.16 bits per heavy atom. The van der Waals surface area contributed by atoms with Gasteiger partial charge in [-0.2, -0.15) is 8.42 Å². The number of imidazole rings is 1. The number of anilines is 1. The third-order valence-corrected chi connectivity index (χ3v) is 4.48. The predicted molar refractivity (Wildman–Crippen MR) is 72.6 cm³/mol. The second kappa shape index (κ2) is 5.25. The van der Waals surface area contributed by atoms with Gasteiger partial charge in [-0.15, -0.1) is 10.2 Å². The maximum atomic E-state index is 12.0. The molecule has 0 aromatic carbocycles. The first-order chi connectivity index (χ1) is 8.87. The van der Waals surface area contributed by atoms with Gasteiger partial charge in [0.05, 0.1) is 6.20 Å². The molecule has 0 fully saturated rings. The van der Waals surface area contributed by atoms with Gasteiger partial charge >= 0.3 is 0 Å². The highest BCUT2D eigenvalue weighted by Crippen LogP contribution is 2.21. The molecule has 0 radical (unpaired) electrons. The van der Waals surface area contributed by atoms with E-state index in [1.165, 1.54) is 17.5 Å². The van der Waals surface area contributed by atoms with Gasteiger partial charge in [-0.25, -0.2) is 4.98 Å². The molecule has 0 saturated carbocycles. The molecule has 2 N–H and O–H groups in total. The minimum atomic E-state index is -3.67. The zero-order chi connectivity index (χ0) is 14.0. The van der Waals surface area contributed by atoms with Gasteiger partial charge in [0.1, 0.15) is 10.8 Å². The molecule has 2 aromatic rings. The fourth-order valence-electron chi connectivity index (χ4n) is 1.43. The summed E-state index contributed by atoms with van der Waals surface area (Å²) < 4.78 is 26.4. The van der Waals surface area contributed by atoms with Crippen LogP contribution in [0.4, 0.5) is 5.13 Å². The van der Waals surface area contributed by atoms with Crippen molar-refractivity contribution in [1.82, 2.24) is 20.2 Å². The number of sulfonamides is 1. The number of hydrogen-bond donors (Lipinski definition) is 2. The fourth-order valence-corrected chi connectivity index (χ4v) is 3.58. The van der Waals surface area contributed by atoms with Gasteiger partial charge in [-0.05, 0) is 12.8 Å². The summed E-state index contributed by atoms with van der Waals surface area (Å²) in [6, 6.07) is 0. The summed E-state index contributed by atoms with van der Waals surface area (Å²) >= 11 is 1.24. The van der Waals surface area contributed by atoms with E-state index in [4.69, 9.17) is 0 Å². The first kappa shape index (κ1) is 13.9. The van der Waals surface area contributed by atoms with Crippen molar-refractivity contribution in [2.24, 2.45) is 5.92 Å². The van der Waals surface area contributed by atoms with Crippen LogP contribution in [0.25, 0.3) is 0 Å². The molecule has 0 unspecified atom stereocenters. The van der Waals surface area contributed by atoms with Crippen molar-refractivity contribution in [3.8, 4) is 0 Å². The van der Waals surface area contributed by atoms with Crippen LogP contribution in [0.15, 0.2) is 11.2 Å². The van der Waals surface area contributed by atoms with E-state index in [-0.39, 0.29) is 10.2 Å². The van der Waals surface area contributed by atoms with Crippen LogP contribution in [0.2, 0.25) is 0 Å². The van der Waals surface area contributed by atoms with E-state index in [2.05, 4.69) is 38.7 Å². The predicted octanol–water partition coefficient (Wildman–Crippen LogP) is 1.57. The second-order valence-corrected chi connectivity index (χ2v) is 7.25. The van der Waals surface area contributed by atoms with Crippen LogP contribution in [0.3, 0.4) is 0 Å². The topological polar surface area (TPSA) is 101 Å². The number of nitrogens with one attached hydrogen (secondary N) is 2. The summed E-state index contributed by atoms with van der Waals surface area (Å²) in [5.41, 5.74) is 0. The van der Waals surface area contributed by atoms with Crippen molar-refractivity contribution in [2.45, 2.75) is 32.2 Å². The average molecular weight is 301 g/mol. The van der Waals surface area contributed by atoms with Crippen molar-refractivity contribution in [3.05, 3.63) is 17.0 Å². The number of H-pyrrole nitrogens is 1. The Bertz CT molecular complexity index is 659. The SMILES string of the molecule is Cc1ncc(S(=O)(=O)Nc2nnc(CC(C)C)s2)[nH]1. The van der Waals surface area contributed by atoms with E-state index in [1.807, 2.05) is 0 Å². The van der Waals surface area contributed by atoms with Crippen LogP contribution in [0.5, 0.6) is 0 Å². The minimum absolute atomic E-state index is 0.0191. The molecule has 0 bridgehead atoms. The van der Waals surface area contributed by atoms with Crippen LogP contribution in [0.1, 0.15) is 24.7 Å². The van der Waals surface area contributed by atoms with Gasteiger partial charge < -0.3 is 4.98 Å². The Morgan fingerprint density at radius 1 is 1.42 bits per heavy atom. The smallest absolute Gasteiger partial charge is 0.280 e. The molecule has 2 rings (SSSR count). The molecular formula is C10H15N5O2S2. The molecule has 0 atom stereocenters. The Labute approximate surface area is 115 Å². The average Bonchev–Trinajstić information content (AvgIpc) is 2.87. The molecule has 0 aliphatic heterocycles. The van der Waals surface area contributed by atoms with Crippen molar-refractivity contribution in [1.29, 1.82) is 0 Å². The van der Waals surface area contributed by atoms with Gasteiger partial charge in [0.25, 0.3) is 10.0 Å². The number of aryl methyl sites for hydroxylation is 1. The van der Waals surface area contributed by atoms with Crippen molar-refractivity contribution >= 4 is 26.5 Å².